The quantitative estimate of drug-likeness (QED) is 0.863. The molecule has 2 rings (SSSR count). The number of hydrogen-bond acceptors (Lipinski definition) is 4. The lowest BCUT2D eigenvalue weighted by Gasteiger charge is -2.42. The van der Waals surface area contributed by atoms with Crippen molar-refractivity contribution < 1.29 is 14.3 Å². The van der Waals surface area contributed by atoms with E-state index < -0.39 is 5.54 Å². The number of anilines is 1. The van der Waals surface area contributed by atoms with Crippen LogP contribution in [0.4, 0.5) is 5.69 Å². The van der Waals surface area contributed by atoms with Crippen molar-refractivity contribution >= 4 is 17.5 Å². The monoisotopic (exact) mass is 333 g/mol. The summed E-state index contributed by atoms with van der Waals surface area (Å²) in [6, 6.07) is 7.53. The number of likely N-dealkylation sites (N-methyl/N-ethyl adjacent to an activating group) is 1. The number of nitrogens with zero attached hydrogens (tertiary/aromatic N) is 1. The van der Waals surface area contributed by atoms with Crippen molar-refractivity contribution in [3.05, 3.63) is 24.3 Å². The Morgan fingerprint density at radius 1 is 1.25 bits per heavy atom. The van der Waals surface area contributed by atoms with Gasteiger partial charge in [-0.05, 0) is 25.0 Å². The molecular formula is C18H27N3O3. The highest BCUT2D eigenvalue weighted by molar-refractivity contribution is 5.90. The van der Waals surface area contributed by atoms with Crippen LogP contribution in [0.1, 0.15) is 26.7 Å². The Morgan fingerprint density at radius 2 is 1.92 bits per heavy atom. The first-order valence-electron chi connectivity index (χ1n) is 8.35. The molecule has 0 bridgehead atoms. The minimum absolute atomic E-state index is 0.0242. The molecule has 2 N–H and O–H groups in total. The second kappa shape index (κ2) is 7.55. The Balaban J connectivity index is 2.17. The highest BCUT2D eigenvalue weighted by Gasteiger charge is 2.42. The van der Waals surface area contributed by atoms with Crippen molar-refractivity contribution in [3.8, 4) is 5.75 Å². The molecule has 0 radical (unpaired) electrons. The van der Waals surface area contributed by atoms with E-state index in [4.69, 9.17) is 4.74 Å². The molecular weight excluding hydrogens is 306 g/mol. The average molecular weight is 333 g/mol. The van der Waals surface area contributed by atoms with Crippen LogP contribution in [0, 0.1) is 5.92 Å². The summed E-state index contributed by atoms with van der Waals surface area (Å²) < 4.78 is 5.25. The van der Waals surface area contributed by atoms with Gasteiger partial charge in [-0.3, -0.25) is 9.59 Å². The van der Waals surface area contributed by atoms with Crippen LogP contribution in [0.5, 0.6) is 5.75 Å². The number of nitrogens with one attached hydrogen (secondary N) is 2. The van der Waals surface area contributed by atoms with Crippen LogP contribution in [0.2, 0.25) is 0 Å². The van der Waals surface area contributed by atoms with Gasteiger partial charge in [0.15, 0.2) is 0 Å². The predicted molar refractivity (Wildman–Crippen MR) is 94.1 cm³/mol. The summed E-state index contributed by atoms with van der Waals surface area (Å²) >= 11 is 0. The number of hydrogen-bond donors (Lipinski definition) is 2. The zero-order valence-electron chi connectivity index (χ0n) is 14.9. The Bertz CT molecular complexity index is 593. The van der Waals surface area contributed by atoms with Crippen molar-refractivity contribution in [2.45, 2.75) is 32.2 Å². The van der Waals surface area contributed by atoms with Gasteiger partial charge in [0.05, 0.1) is 7.11 Å². The van der Waals surface area contributed by atoms with Crippen LogP contribution < -0.4 is 15.4 Å². The largest absolute Gasteiger partial charge is 0.497 e. The number of piperidine rings is 1. The minimum atomic E-state index is -0.713. The number of ether oxygens (including phenoxy) is 1. The molecule has 1 saturated heterocycles. The van der Waals surface area contributed by atoms with E-state index in [-0.39, 0.29) is 17.7 Å². The van der Waals surface area contributed by atoms with Crippen molar-refractivity contribution in [1.82, 2.24) is 10.2 Å². The second-order valence-electron chi connectivity index (χ2n) is 6.50. The van der Waals surface area contributed by atoms with E-state index in [1.54, 1.807) is 14.2 Å². The summed E-state index contributed by atoms with van der Waals surface area (Å²) in [7, 11) is 3.26. The summed E-state index contributed by atoms with van der Waals surface area (Å²) in [5.41, 5.74) is 0.121. The number of carbonyl (C=O) groups is 2. The number of benzene rings is 1. The third kappa shape index (κ3) is 3.80. The van der Waals surface area contributed by atoms with E-state index in [1.807, 2.05) is 43.0 Å². The molecule has 0 aromatic heterocycles. The molecule has 0 spiro atoms. The molecule has 1 heterocycles. The Labute approximate surface area is 143 Å². The van der Waals surface area contributed by atoms with Crippen molar-refractivity contribution in [3.63, 3.8) is 0 Å². The van der Waals surface area contributed by atoms with Crippen LogP contribution in [-0.4, -0.2) is 49.5 Å². The van der Waals surface area contributed by atoms with Gasteiger partial charge in [0.2, 0.25) is 11.8 Å². The zero-order valence-corrected chi connectivity index (χ0v) is 14.9. The smallest absolute Gasteiger partial charge is 0.245 e. The van der Waals surface area contributed by atoms with Gasteiger partial charge < -0.3 is 20.3 Å². The highest BCUT2D eigenvalue weighted by Crippen LogP contribution is 2.29. The molecule has 0 unspecified atom stereocenters. The molecule has 132 valence electrons. The zero-order chi connectivity index (χ0) is 17.7. The van der Waals surface area contributed by atoms with E-state index in [0.717, 1.165) is 11.4 Å². The standard InChI is InChI=1S/C18H27N3O3/c1-13(2)16(22)21-10-8-18(9-11-21,17(23)19-3)20-14-6-5-7-15(12-14)24-4/h5-7,12-13,20H,8-11H2,1-4H3,(H,19,23). The summed E-state index contributed by atoms with van der Waals surface area (Å²) in [6.45, 7) is 4.94. The molecule has 24 heavy (non-hydrogen) atoms. The average Bonchev–Trinajstić information content (AvgIpc) is 2.61. The van der Waals surface area contributed by atoms with Crippen molar-refractivity contribution in [1.29, 1.82) is 0 Å². The van der Waals surface area contributed by atoms with Gasteiger partial charge in [0, 0.05) is 37.8 Å². The number of carbonyl (C=O) groups excluding carboxylic acids is 2. The summed E-state index contributed by atoms with van der Waals surface area (Å²) in [5.74, 6) is 0.798. The van der Waals surface area contributed by atoms with E-state index in [0.29, 0.717) is 25.9 Å². The molecule has 2 amide bonds. The fourth-order valence-electron chi connectivity index (χ4n) is 3.10. The first kappa shape index (κ1) is 18.1. The number of methoxy groups -OCH3 is 1. The van der Waals surface area contributed by atoms with E-state index >= 15 is 0 Å². The van der Waals surface area contributed by atoms with Gasteiger partial charge in [-0.2, -0.15) is 0 Å². The van der Waals surface area contributed by atoms with Gasteiger partial charge in [-0.1, -0.05) is 19.9 Å². The van der Waals surface area contributed by atoms with Gasteiger partial charge in [0.25, 0.3) is 0 Å². The fourth-order valence-corrected chi connectivity index (χ4v) is 3.10. The van der Waals surface area contributed by atoms with Crippen LogP contribution in [0.25, 0.3) is 0 Å². The highest BCUT2D eigenvalue weighted by atomic mass is 16.5. The van der Waals surface area contributed by atoms with Crippen molar-refractivity contribution in [2.24, 2.45) is 5.92 Å². The third-order valence-electron chi connectivity index (χ3n) is 4.54. The lowest BCUT2D eigenvalue weighted by Crippen LogP contribution is -2.58. The maximum atomic E-state index is 12.5. The molecule has 1 aliphatic rings. The summed E-state index contributed by atoms with van der Waals surface area (Å²) in [5, 5.41) is 6.13. The van der Waals surface area contributed by atoms with E-state index in [9.17, 15) is 9.59 Å². The fraction of sp³-hybridized carbons (Fsp3) is 0.556. The van der Waals surface area contributed by atoms with Crippen molar-refractivity contribution in [2.75, 3.05) is 32.6 Å². The van der Waals surface area contributed by atoms with Gasteiger partial charge in [-0.15, -0.1) is 0 Å². The first-order valence-corrected chi connectivity index (χ1v) is 8.35. The Hall–Kier alpha value is -2.24. The number of rotatable bonds is 5. The third-order valence-corrected chi connectivity index (χ3v) is 4.54. The number of likely N-dealkylation sites (tertiary alicyclic amines) is 1. The minimum Gasteiger partial charge on any atom is -0.497 e. The molecule has 1 aromatic rings. The van der Waals surface area contributed by atoms with Crippen LogP contribution in [-0.2, 0) is 9.59 Å². The predicted octanol–water partition coefficient (Wildman–Crippen LogP) is 1.87. The normalized spacial score (nSPS) is 16.6. The Kier molecular flexibility index (Phi) is 5.70. The van der Waals surface area contributed by atoms with Gasteiger partial charge in [0.1, 0.15) is 11.3 Å². The van der Waals surface area contributed by atoms with Crippen LogP contribution in [0.3, 0.4) is 0 Å². The first-order chi connectivity index (χ1) is 11.4. The van der Waals surface area contributed by atoms with Crippen LogP contribution in [0.15, 0.2) is 24.3 Å². The lowest BCUT2D eigenvalue weighted by atomic mass is 9.85. The topological polar surface area (TPSA) is 70.7 Å². The molecule has 1 fully saturated rings. The van der Waals surface area contributed by atoms with E-state index in [2.05, 4.69) is 10.6 Å². The molecule has 0 aliphatic carbocycles. The molecule has 1 aliphatic heterocycles. The van der Waals surface area contributed by atoms with Gasteiger partial charge in [-0.25, -0.2) is 0 Å². The lowest BCUT2D eigenvalue weighted by molar-refractivity contribution is -0.138. The maximum Gasteiger partial charge on any atom is 0.245 e. The molecule has 1 aromatic carbocycles. The second-order valence-corrected chi connectivity index (χ2v) is 6.50. The molecule has 0 atom stereocenters. The Morgan fingerprint density at radius 3 is 2.46 bits per heavy atom. The molecule has 6 nitrogen and oxygen atoms in total. The summed E-state index contributed by atoms with van der Waals surface area (Å²) in [4.78, 5) is 26.6. The SMILES string of the molecule is CNC(=O)C1(Nc2cccc(OC)c2)CCN(C(=O)C(C)C)CC1. The maximum absolute atomic E-state index is 12.5. The summed E-state index contributed by atoms with van der Waals surface area (Å²) in [6.07, 6.45) is 1.14. The molecule has 6 heteroatoms. The molecule has 0 saturated carbocycles. The van der Waals surface area contributed by atoms with Crippen LogP contribution >= 0.6 is 0 Å². The van der Waals surface area contributed by atoms with E-state index in [1.165, 1.54) is 0 Å². The van der Waals surface area contributed by atoms with Gasteiger partial charge >= 0.3 is 0 Å². The number of amides is 2.